The Morgan fingerprint density at radius 2 is 1.82 bits per heavy atom. The number of allylic oxidation sites excluding steroid dienone is 1. The van der Waals surface area contributed by atoms with Crippen LogP contribution in [0.4, 0.5) is 0 Å². The van der Waals surface area contributed by atoms with Gasteiger partial charge in [-0.15, -0.1) is 0 Å². The number of nitriles is 1. The predicted octanol–water partition coefficient (Wildman–Crippen LogP) is 3.79. The molecule has 0 aromatic rings. The van der Waals surface area contributed by atoms with Crippen molar-refractivity contribution in [2.75, 3.05) is 0 Å². The van der Waals surface area contributed by atoms with E-state index in [1.807, 2.05) is 0 Å². The maximum atomic E-state index is 8.92. The lowest BCUT2D eigenvalue weighted by Gasteiger charge is -2.27. The summed E-state index contributed by atoms with van der Waals surface area (Å²) in [5.74, 6) is 2.89. The molecule has 92 valence electrons. The number of hydrogen-bond donors (Lipinski definition) is 0. The van der Waals surface area contributed by atoms with Gasteiger partial charge in [0, 0.05) is 17.8 Å². The fraction of sp³-hybridized carbons (Fsp3) is 0.800. The first-order valence-electron chi connectivity index (χ1n) is 7.15. The van der Waals surface area contributed by atoms with Crippen LogP contribution in [0.25, 0.3) is 0 Å². The maximum Gasteiger partial charge on any atom is 0.105 e. The molecule has 2 saturated carbocycles. The minimum absolute atomic E-state index is 0.301. The van der Waals surface area contributed by atoms with E-state index in [0.29, 0.717) is 23.9 Å². The van der Waals surface area contributed by atoms with Gasteiger partial charge < -0.3 is 4.74 Å². The smallest absolute Gasteiger partial charge is 0.105 e. The highest BCUT2D eigenvalue weighted by molar-refractivity contribution is 5.12. The van der Waals surface area contributed by atoms with Crippen LogP contribution in [0.2, 0.25) is 0 Å². The Labute approximate surface area is 104 Å². The molecule has 1 aliphatic heterocycles. The third kappa shape index (κ3) is 2.20. The Bertz CT molecular complexity index is 346. The maximum absolute atomic E-state index is 8.92. The number of rotatable bonds is 1. The third-order valence-electron chi connectivity index (χ3n) is 4.73. The molecule has 0 N–H and O–H groups in total. The van der Waals surface area contributed by atoms with Crippen molar-refractivity contribution in [2.45, 2.75) is 57.5 Å². The van der Waals surface area contributed by atoms with Gasteiger partial charge in [0.05, 0.1) is 11.8 Å². The van der Waals surface area contributed by atoms with E-state index in [4.69, 9.17) is 10.00 Å². The third-order valence-corrected chi connectivity index (χ3v) is 4.73. The van der Waals surface area contributed by atoms with Gasteiger partial charge in [0.1, 0.15) is 6.10 Å². The van der Waals surface area contributed by atoms with Gasteiger partial charge in [-0.2, -0.15) is 5.26 Å². The van der Waals surface area contributed by atoms with Gasteiger partial charge >= 0.3 is 0 Å². The summed E-state index contributed by atoms with van der Waals surface area (Å²) in [6, 6.07) is 2.40. The number of ether oxygens (including phenoxy) is 1. The Hall–Kier alpha value is -0.970. The van der Waals surface area contributed by atoms with Crippen LogP contribution in [-0.2, 0) is 4.74 Å². The van der Waals surface area contributed by atoms with Gasteiger partial charge in [-0.05, 0) is 51.0 Å². The topological polar surface area (TPSA) is 33.0 Å². The van der Waals surface area contributed by atoms with Crippen molar-refractivity contribution in [3.8, 4) is 6.07 Å². The van der Waals surface area contributed by atoms with Crippen molar-refractivity contribution < 1.29 is 4.74 Å². The van der Waals surface area contributed by atoms with Crippen molar-refractivity contribution in [2.24, 2.45) is 17.8 Å². The van der Waals surface area contributed by atoms with E-state index in [2.05, 4.69) is 12.1 Å². The Morgan fingerprint density at radius 3 is 2.53 bits per heavy atom. The monoisotopic (exact) mass is 231 g/mol. The zero-order chi connectivity index (χ0) is 11.7. The van der Waals surface area contributed by atoms with Crippen LogP contribution in [-0.4, -0.2) is 6.10 Å². The SMILES string of the molecule is N#CC1CCC(C2=CC3CCCCC3O2)CC1. The van der Waals surface area contributed by atoms with Crippen molar-refractivity contribution >= 4 is 0 Å². The zero-order valence-electron chi connectivity index (χ0n) is 10.4. The molecule has 1 heterocycles. The number of nitrogens with zero attached hydrogens (tertiary/aromatic N) is 1. The van der Waals surface area contributed by atoms with Gasteiger partial charge in [0.25, 0.3) is 0 Å². The first-order chi connectivity index (χ1) is 8.36. The van der Waals surface area contributed by atoms with Crippen LogP contribution >= 0.6 is 0 Å². The molecule has 2 aliphatic carbocycles. The molecule has 3 rings (SSSR count). The summed E-state index contributed by atoms with van der Waals surface area (Å²) in [5.41, 5.74) is 0. The highest BCUT2D eigenvalue weighted by Crippen LogP contribution is 2.42. The molecule has 0 amide bonds. The fourth-order valence-corrected chi connectivity index (χ4v) is 3.63. The lowest BCUT2D eigenvalue weighted by Crippen LogP contribution is -2.22. The first kappa shape index (κ1) is 11.1. The molecule has 17 heavy (non-hydrogen) atoms. The highest BCUT2D eigenvalue weighted by Gasteiger charge is 2.35. The highest BCUT2D eigenvalue weighted by atomic mass is 16.5. The van der Waals surface area contributed by atoms with Crippen LogP contribution in [0, 0.1) is 29.1 Å². The molecular formula is C15H21NO. The molecule has 0 bridgehead atoms. The van der Waals surface area contributed by atoms with E-state index in [1.54, 1.807) is 0 Å². The molecule has 2 heteroatoms. The molecule has 2 unspecified atom stereocenters. The normalized spacial score (nSPS) is 41.0. The van der Waals surface area contributed by atoms with Gasteiger partial charge in [0.15, 0.2) is 0 Å². The summed E-state index contributed by atoms with van der Waals surface area (Å²) in [4.78, 5) is 0. The van der Waals surface area contributed by atoms with Crippen LogP contribution in [0.1, 0.15) is 51.4 Å². The van der Waals surface area contributed by atoms with Gasteiger partial charge in [-0.3, -0.25) is 0 Å². The van der Waals surface area contributed by atoms with Crippen LogP contribution < -0.4 is 0 Å². The van der Waals surface area contributed by atoms with Crippen LogP contribution in [0.5, 0.6) is 0 Å². The average Bonchev–Trinajstić information content (AvgIpc) is 2.82. The average molecular weight is 231 g/mol. The minimum atomic E-state index is 0.301. The molecule has 0 aromatic carbocycles. The molecule has 2 fully saturated rings. The Morgan fingerprint density at radius 1 is 1.06 bits per heavy atom. The Balaban J connectivity index is 1.61. The lowest BCUT2D eigenvalue weighted by molar-refractivity contribution is 0.0612. The van der Waals surface area contributed by atoms with Crippen LogP contribution in [0.3, 0.4) is 0 Å². The minimum Gasteiger partial charge on any atom is -0.494 e. The summed E-state index contributed by atoms with van der Waals surface area (Å²) < 4.78 is 6.15. The standard InChI is InChI=1S/C15H21NO/c16-10-11-5-7-12(8-6-11)15-9-13-3-1-2-4-14(13)17-15/h9,11-14H,1-8H2. The van der Waals surface area contributed by atoms with Gasteiger partial charge in [0.2, 0.25) is 0 Å². The predicted molar refractivity (Wildman–Crippen MR) is 66.0 cm³/mol. The lowest BCUT2D eigenvalue weighted by atomic mass is 9.81. The number of hydrogen-bond acceptors (Lipinski definition) is 2. The van der Waals surface area contributed by atoms with E-state index in [-0.39, 0.29) is 0 Å². The molecular weight excluding hydrogens is 210 g/mol. The van der Waals surface area contributed by atoms with E-state index in [1.165, 1.54) is 31.4 Å². The summed E-state index contributed by atoms with van der Waals surface area (Å²) in [5, 5.41) is 8.92. The Kier molecular flexibility index (Phi) is 3.09. The van der Waals surface area contributed by atoms with Crippen molar-refractivity contribution in [1.82, 2.24) is 0 Å². The second-order valence-corrected chi connectivity index (χ2v) is 5.85. The van der Waals surface area contributed by atoms with Gasteiger partial charge in [-0.25, -0.2) is 0 Å². The van der Waals surface area contributed by atoms with Crippen LogP contribution in [0.15, 0.2) is 11.8 Å². The molecule has 0 saturated heterocycles. The van der Waals surface area contributed by atoms with Crippen molar-refractivity contribution in [3.63, 3.8) is 0 Å². The number of fused-ring (bicyclic) bond motifs is 1. The summed E-state index contributed by atoms with van der Waals surface area (Å²) >= 11 is 0. The fourth-order valence-electron chi connectivity index (χ4n) is 3.63. The first-order valence-corrected chi connectivity index (χ1v) is 7.15. The summed E-state index contributed by atoms with van der Waals surface area (Å²) in [6.07, 6.45) is 12.6. The van der Waals surface area contributed by atoms with E-state index >= 15 is 0 Å². The van der Waals surface area contributed by atoms with E-state index in [9.17, 15) is 0 Å². The molecule has 0 aromatic heterocycles. The van der Waals surface area contributed by atoms with E-state index in [0.717, 1.165) is 25.7 Å². The van der Waals surface area contributed by atoms with E-state index < -0.39 is 0 Å². The molecule has 0 radical (unpaired) electrons. The second kappa shape index (κ2) is 4.72. The molecule has 0 spiro atoms. The molecule has 2 nitrogen and oxygen atoms in total. The van der Waals surface area contributed by atoms with Crippen molar-refractivity contribution in [3.05, 3.63) is 11.8 Å². The zero-order valence-corrected chi connectivity index (χ0v) is 10.4. The van der Waals surface area contributed by atoms with Crippen molar-refractivity contribution in [1.29, 1.82) is 5.26 Å². The second-order valence-electron chi connectivity index (χ2n) is 5.85. The summed E-state index contributed by atoms with van der Waals surface area (Å²) in [7, 11) is 0. The quantitative estimate of drug-likeness (QED) is 0.688. The largest absolute Gasteiger partial charge is 0.494 e. The molecule has 3 aliphatic rings. The van der Waals surface area contributed by atoms with Gasteiger partial charge in [-0.1, -0.05) is 6.42 Å². The molecule has 2 atom stereocenters. The summed E-state index contributed by atoms with van der Waals surface area (Å²) in [6.45, 7) is 0.